The van der Waals surface area contributed by atoms with E-state index >= 15 is 0 Å². The summed E-state index contributed by atoms with van der Waals surface area (Å²) in [5, 5.41) is 5.42. The molecule has 4 rings (SSSR count). The Morgan fingerprint density at radius 2 is 2.19 bits per heavy atom. The Hall–Kier alpha value is -2.73. The van der Waals surface area contributed by atoms with Gasteiger partial charge in [-0.15, -0.1) is 0 Å². The molecule has 1 atom stereocenters. The van der Waals surface area contributed by atoms with Crippen molar-refractivity contribution in [2.24, 2.45) is 0 Å². The van der Waals surface area contributed by atoms with Gasteiger partial charge in [0.05, 0.1) is 29.4 Å². The van der Waals surface area contributed by atoms with Crippen LogP contribution >= 0.6 is 0 Å². The molecule has 0 unspecified atom stereocenters. The van der Waals surface area contributed by atoms with Crippen molar-refractivity contribution in [1.29, 1.82) is 0 Å². The highest BCUT2D eigenvalue weighted by molar-refractivity contribution is 5.97. The number of carbonyl (C=O) groups excluding carboxylic acids is 1. The molecule has 0 radical (unpaired) electrons. The molecule has 0 fully saturated rings. The number of fused-ring (bicyclic) bond motifs is 2. The molecule has 3 heterocycles. The predicted octanol–water partition coefficient (Wildman–Crippen LogP) is 3.06. The topological polar surface area (TPSA) is 60.2 Å². The van der Waals surface area contributed by atoms with Crippen LogP contribution in [-0.4, -0.2) is 45.3 Å². The zero-order valence-electron chi connectivity index (χ0n) is 14.8. The largest absolute Gasteiger partial charge is 0.382 e. The second kappa shape index (κ2) is 7.25. The molecule has 1 amide bonds. The Bertz CT molecular complexity index is 921. The third kappa shape index (κ3) is 3.20. The van der Waals surface area contributed by atoms with Crippen LogP contribution < -0.4 is 0 Å². The molecule has 1 aliphatic rings. The Kier molecular flexibility index (Phi) is 4.67. The van der Waals surface area contributed by atoms with Crippen molar-refractivity contribution < 1.29 is 9.53 Å². The van der Waals surface area contributed by atoms with Crippen LogP contribution in [0.5, 0.6) is 0 Å². The Morgan fingerprint density at radius 1 is 1.31 bits per heavy atom. The number of para-hydroxylation sites is 1. The standard InChI is InChI=1S/C20H22N4O2/c1-2-26-10-8-18-14-23(13-17-7-9-22-24(17)18)20(25)16-11-15-5-3-4-6-19(15)21-12-16/h3-7,9,11-12,18H,2,8,10,13-14H2,1H3/t18-/m1/s1. The SMILES string of the molecule is CCOCC[C@@H]1CN(C(=O)c2cnc3ccccc3c2)Cc2ccnn21. The van der Waals surface area contributed by atoms with Crippen molar-refractivity contribution in [3.05, 3.63) is 60.0 Å². The molecule has 26 heavy (non-hydrogen) atoms. The van der Waals surface area contributed by atoms with Gasteiger partial charge >= 0.3 is 0 Å². The minimum Gasteiger partial charge on any atom is -0.382 e. The van der Waals surface area contributed by atoms with Crippen LogP contribution in [0.3, 0.4) is 0 Å². The summed E-state index contributed by atoms with van der Waals surface area (Å²) in [5.74, 6) is 0.0112. The Morgan fingerprint density at radius 3 is 3.08 bits per heavy atom. The maximum atomic E-state index is 13.1. The van der Waals surface area contributed by atoms with E-state index in [9.17, 15) is 4.79 Å². The van der Waals surface area contributed by atoms with E-state index in [0.717, 1.165) is 23.0 Å². The number of benzene rings is 1. The van der Waals surface area contributed by atoms with Crippen LogP contribution in [0.25, 0.3) is 10.9 Å². The number of hydrogen-bond acceptors (Lipinski definition) is 4. The monoisotopic (exact) mass is 350 g/mol. The highest BCUT2D eigenvalue weighted by Gasteiger charge is 2.29. The molecule has 3 aromatic rings. The van der Waals surface area contributed by atoms with Gasteiger partial charge in [0.2, 0.25) is 0 Å². The molecule has 1 aromatic carbocycles. The zero-order chi connectivity index (χ0) is 17.9. The minimum atomic E-state index is 0.0112. The van der Waals surface area contributed by atoms with Gasteiger partial charge in [0.1, 0.15) is 0 Å². The van der Waals surface area contributed by atoms with Gasteiger partial charge in [-0.05, 0) is 31.5 Å². The van der Waals surface area contributed by atoms with Gasteiger partial charge < -0.3 is 9.64 Å². The van der Waals surface area contributed by atoms with Crippen molar-refractivity contribution in [2.75, 3.05) is 19.8 Å². The predicted molar refractivity (Wildman–Crippen MR) is 98.9 cm³/mol. The molecule has 0 bridgehead atoms. The molecule has 0 aliphatic carbocycles. The third-order valence-electron chi connectivity index (χ3n) is 4.81. The Labute approximate surface area is 152 Å². The first-order valence-electron chi connectivity index (χ1n) is 9.00. The van der Waals surface area contributed by atoms with E-state index < -0.39 is 0 Å². The maximum absolute atomic E-state index is 13.1. The van der Waals surface area contributed by atoms with Crippen LogP contribution in [0.4, 0.5) is 0 Å². The number of ether oxygens (including phenoxy) is 1. The van der Waals surface area contributed by atoms with E-state index in [1.807, 2.05) is 52.9 Å². The smallest absolute Gasteiger partial charge is 0.255 e. The Balaban J connectivity index is 1.57. The van der Waals surface area contributed by atoms with Crippen molar-refractivity contribution >= 4 is 16.8 Å². The molecule has 6 nitrogen and oxygen atoms in total. The van der Waals surface area contributed by atoms with Crippen molar-refractivity contribution in [3.8, 4) is 0 Å². The number of aromatic nitrogens is 3. The first kappa shape index (κ1) is 16.7. The number of carbonyl (C=O) groups is 1. The number of hydrogen-bond donors (Lipinski definition) is 0. The molecule has 6 heteroatoms. The lowest BCUT2D eigenvalue weighted by Crippen LogP contribution is -2.41. The molecule has 0 N–H and O–H groups in total. The van der Waals surface area contributed by atoms with Gasteiger partial charge in [-0.25, -0.2) is 0 Å². The summed E-state index contributed by atoms with van der Waals surface area (Å²) < 4.78 is 7.53. The lowest BCUT2D eigenvalue weighted by atomic mass is 10.1. The average Bonchev–Trinajstić information content (AvgIpc) is 3.16. The second-order valence-electron chi connectivity index (χ2n) is 6.51. The highest BCUT2D eigenvalue weighted by atomic mass is 16.5. The maximum Gasteiger partial charge on any atom is 0.255 e. The molecule has 0 saturated carbocycles. The lowest BCUT2D eigenvalue weighted by molar-refractivity contribution is 0.0625. The summed E-state index contributed by atoms with van der Waals surface area (Å²) in [6, 6.07) is 11.9. The average molecular weight is 350 g/mol. The molecule has 0 saturated heterocycles. The summed E-state index contributed by atoms with van der Waals surface area (Å²) in [4.78, 5) is 19.4. The van der Waals surface area contributed by atoms with Crippen LogP contribution in [0, 0.1) is 0 Å². The summed E-state index contributed by atoms with van der Waals surface area (Å²) in [5.41, 5.74) is 2.58. The molecule has 1 aliphatic heterocycles. The molecular weight excluding hydrogens is 328 g/mol. The zero-order valence-corrected chi connectivity index (χ0v) is 14.8. The van der Waals surface area contributed by atoms with Crippen molar-refractivity contribution in [2.45, 2.75) is 25.9 Å². The highest BCUT2D eigenvalue weighted by Crippen LogP contribution is 2.25. The minimum absolute atomic E-state index is 0.0112. The van der Waals surface area contributed by atoms with Crippen molar-refractivity contribution in [3.63, 3.8) is 0 Å². The summed E-state index contributed by atoms with van der Waals surface area (Å²) in [6.45, 7) is 4.55. The van der Waals surface area contributed by atoms with Gasteiger partial charge in [0.15, 0.2) is 0 Å². The van der Waals surface area contributed by atoms with E-state index in [1.165, 1.54) is 0 Å². The third-order valence-corrected chi connectivity index (χ3v) is 4.81. The first-order valence-corrected chi connectivity index (χ1v) is 9.00. The number of rotatable bonds is 5. The summed E-state index contributed by atoms with van der Waals surface area (Å²) in [6.07, 6.45) is 4.31. The van der Waals surface area contributed by atoms with E-state index in [4.69, 9.17) is 4.74 Å². The van der Waals surface area contributed by atoms with Gasteiger partial charge in [0.25, 0.3) is 5.91 Å². The molecule has 2 aromatic heterocycles. The fraction of sp³-hybridized carbons (Fsp3) is 0.350. The second-order valence-corrected chi connectivity index (χ2v) is 6.51. The molecule has 0 spiro atoms. The summed E-state index contributed by atoms with van der Waals surface area (Å²) in [7, 11) is 0. The quantitative estimate of drug-likeness (QED) is 0.664. The summed E-state index contributed by atoms with van der Waals surface area (Å²) >= 11 is 0. The van der Waals surface area contributed by atoms with Gasteiger partial charge in [-0.2, -0.15) is 5.10 Å². The fourth-order valence-electron chi connectivity index (χ4n) is 3.49. The van der Waals surface area contributed by atoms with E-state index in [1.54, 1.807) is 12.4 Å². The fourth-order valence-corrected chi connectivity index (χ4v) is 3.49. The van der Waals surface area contributed by atoms with Gasteiger partial charge in [0, 0.05) is 37.5 Å². The number of pyridine rings is 1. The van der Waals surface area contributed by atoms with Crippen molar-refractivity contribution in [1.82, 2.24) is 19.7 Å². The van der Waals surface area contributed by atoms with Gasteiger partial charge in [-0.1, -0.05) is 18.2 Å². The normalized spacial score (nSPS) is 16.7. The molecule has 134 valence electrons. The number of nitrogens with zero attached hydrogens (tertiary/aromatic N) is 4. The van der Waals surface area contributed by atoms with E-state index in [0.29, 0.717) is 31.9 Å². The van der Waals surface area contributed by atoms with Crippen LogP contribution in [0.15, 0.2) is 48.8 Å². The van der Waals surface area contributed by atoms with Crippen LogP contribution in [0.2, 0.25) is 0 Å². The molecular formula is C20H22N4O2. The lowest BCUT2D eigenvalue weighted by Gasteiger charge is -2.34. The first-order chi connectivity index (χ1) is 12.8. The number of amides is 1. The van der Waals surface area contributed by atoms with Crippen LogP contribution in [-0.2, 0) is 11.3 Å². The van der Waals surface area contributed by atoms with E-state index in [2.05, 4.69) is 10.1 Å². The van der Waals surface area contributed by atoms with Gasteiger partial charge in [-0.3, -0.25) is 14.5 Å². The van der Waals surface area contributed by atoms with E-state index in [-0.39, 0.29) is 11.9 Å². The van der Waals surface area contributed by atoms with Crippen LogP contribution in [0.1, 0.15) is 35.4 Å².